The highest BCUT2D eigenvalue weighted by Crippen LogP contribution is 2.35. The molecule has 1 atom stereocenters. The molecular weight excluding hydrogens is 275 g/mol. The Hall–Kier alpha value is -1.95. The lowest BCUT2D eigenvalue weighted by atomic mass is 9.88. The van der Waals surface area contributed by atoms with Crippen LogP contribution in [0.15, 0.2) is 22.7 Å². The maximum atomic E-state index is 13.8. The Morgan fingerprint density at radius 3 is 2.67 bits per heavy atom. The van der Waals surface area contributed by atoms with Crippen LogP contribution in [0.1, 0.15) is 39.6 Å². The van der Waals surface area contributed by atoms with E-state index in [2.05, 4.69) is 10.1 Å². The van der Waals surface area contributed by atoms with Crippen LogP contribution in [0, 0.1) is 11.2 Å². The monoisotopic (exact) mass is 294 g/mol. The van der Waals surface area contributed by atoms with Gasteiger partial charge in [-0.15, -0.1) is 0 Å². The molecule has 1 unspecified atom stereocenters. The Labute approximate surface area is 122 Å². The summed E-state index contributed by atoms with van der Waals surface area (Å²) in [5.41, 5.74) is -0.0688. The lowest BCUT2D eigenvalue weighted by Crippen LogP contribution is -2.22. The van der Waals surface area contributed by atoms with Crippen molar-refractivity contribution in [2.45, 2.75) is 33.8 Å². The van der Waals surface area contributed by atoms with E-state index in [0.717, 1.165) is 6.07 Å². The van der Waals surface area contributed by atoms with Crippen molar-refractivity contribution >= 4 is 0 Å². The van der Waals surface area contributed by atoms with Gasteiger partial charge in [-0.05, 0) is 24.5 Å². The highest BCUT2D eigenvalue weighted by atomic mass is 19.1. The van der Waals surface area contributed by atoms with Crippen LogP contribution in [0.25, 0.3) is 11.5 Å². The summed E-state index contributed by atoms with van der Waals surface area (Å²) < 4.78 is 24.6. The third kappa shape index (κ3) is 3.39. The third-order valence-electron chi connectivity index (χ3n) is 2.98. The van der Waals surface area contributed by atoms with Crippen molar-refractivity contribution in [3.63, 3.8) is 0 Å². The van der Waals surface area contributed by atoms with Gasteiger partial charge in [0.25, 0.3) is 5.89 Å². The number of rotatable bonds is 4. The van der Waals surface area contributed by atoms with Gasteiger partial charge in [-0.2, -0.15) is 4.98 Å². The van der Waals surface area contributed by atoms with Crippen LogP contribution >= 0.6 is 0 Å². The van der Waals surface area contributed by atoms with Crippen LogP contribution in [-0.4, -0.2) is 21.9 Å². The smallest absolute Gasteiger partial charge is 0.260 e. The van der Waals surface area contributed by atoms with Crippen LogP contribution in [0.2, 0.25) is 0 Å². The van der Waals surface area contributed by atoms with E-state index in [4.69, 9.17) is 9.26 Å². The third-order valence-corrected chi connectivity index (χ3v) is 2.98. The first kappa shape index (κ1) is 15.4. The number of benzene rings is 1. The van der Waals surface area contributed by atoms with E-state index < -0.39 is 5.82 Å². The molecule has 114 valence electrons. The summed E-state index contributed by atoms with van der Waals surface area (Å²) >= 11 is 0. The normalized spacial score (nSPS) is 13.4. The first-order valence-corrected chi connectivity index (χ1v) is 6.77. The predicted molar refractivity (Wildman–Crippen MR) is 75.2 cm³/mol. The summed E-state index contributed by atoms with van der Waals surface area (Å²) in [6, 6.07) is 3.77. The zero-order valence-electron chi connectivity index (χ0n) is 12.6. The van der Waals surface area contributed by atoms with Crippen molar-refractivity contribution in [2.75, 3.05) is 6.61 Å². The van der Waals surface area contributed by atoms with Crippen molar-refractivity contribution < 1.29 is 18.8 Å². The van der Waals surface area contributed by atoms with Gasteiger partial charge in [0, 0.05) is 12.7 Å². The molecule has 1 heterocycles. The molecule has 2 rings (SSSR count). The van der Waals surface area contributed by atoms with Crippen molar-refractivity contribution in [3.8, 4) is 17.2 Å². The van der Waals surface area contributed by atoms with Gasteiger partial charge in [0.2, 0.25) is 5.82 Å². The Kier molecular flexibility index (Phi) is 4.27. The lowest BCUT2D eigenvalue weighted by Gasteiger charge is -2.27. The number of ether oxygens (including phenoxy) is 1. The van der Waals surface area contributed by atoms with Crippen molar-refractivity contribution in [1.29, 1.82) is 0 Å². The zero-order valence-corrected chi connectivity index (χ0v) is 12.6. The Bertz CT molecular complexity index is 620. The standard InChI is InChI=1S/C15H19FN2O3/c1-5-20-12(15(2,3)4)13-17-14(21-18-13)10-7-6-9(19)8-11(10)16/h6-8,12,19H,5H2,1-4H3. The number of hydrogen-bond acceptors (Lipinski definition) is 5. The first-order valence-electron chi connectivity index (χ1n) is 6.77. The average Bonchev–Trinajstić information content (AvgIpc) is 2.83. The molecule has 21 heavy (non-hydrogen) atoms. The molecule has 1 aromatic heterocycles. The maximum Gasteiger partial charge on any atom is 0.260 e. The summed E-state index contributed by atoms with van der Waals surface area (Å²) in [4.78, 5) is 4.23. The zero-order chi connectivity index (χ0) is 15.6. The summed E-state index contributed by atoms with van der Waals surface area (Å²) in [5, 5.41) is 13.1. The summed E-state index contributed by atoms with van der Waals surface area (Å²) in [6.45, 7) is 8.41. The number of hydrogen-bond donors (Lipinski definition) is 1. The largest absolute Gasteiger partial charge is 0.508 e. The molecule has 0 aliphatic heterocycles. The second-order valence-corrected chi connectivity index (χ2v) is 5.82. The topological polar surface area (TPSA) is 68.4 Å². The minimum Gasteiger partial charge on any atom is -0.508 e. The fraction of sp³-hybridized carbons (Fsp3) is 0.467. The van der Waals surface area contributed by atoms with Gasteiger partial charge in [-0.1, -0.05) is 25.9 Å². The molecule has 5 nitrogen and oxygen atoms in total. The predicted octanol–water partition coefficient (Wildman–Crippen LogP) is 3.71. The summed E-state index contributed by atoms with van der Waals surface area (Å²) in [5.74, 6) is -0.324. The molecule has 0 aliphatic carbocycles. The molecule has 0 bridgehead atoms. The summed E-state index contributed by atoms with van der Waals surface area (Å²) in [7, 11) is 0. The molecular formula is C15H19FN2O3. The second-order valence-electron chi connectivity index (χ2n) is 5.82. The number of nitrogens with zero attached hydrogens (tertiary/aromatic N) is 2. The first-order chi connectivity index (χ1) is 9.82. The van der Waals surface area contributed by atoms with Crippen LogP contribution in [0.4, 0.5) is 4.39 Å². The van der Waals surface area contributed by atoms with E-state index in [9.17, 15) is 9.50 Å². The van der Waals surface area contributed by atoms with E-state index in [0.29, 0.717) is 12.4 Å². The number of aromatic hydroxyl groups is 1. The number of phenolic OH excluding ortho intramolecular Hbond substituents is 1. The van der Waals surface area contributed by atoms with Crippen molar-refractivity contribution in [2.24, 2.45) is 5.41 Å². The van der Waals surface area contributed by atoms with Gasteiger partial charge in [0.15, 0.2) is 0 Å². The minimum atomic E-state index is -0.617. The fourth-order valence-corrected chi connectivity index (χ4v) is 2.01. The van der Waals surface area contributed by atoms with E-state index in [-0.39, 0.29) is 28.7 Å². The SMILES string of the molecule is CCOC(c1noc(-c2ccc(O)cc2F)n1)C(C)(C)C. The van der Waals surface area contributed by atoms with Gasteiger partial charge in [-0.25, -0.2) is 4.39 Å². The number of phenols is 1. The highest BCUT2D eigenvalue weighted by molar-refractivity contribution is 5.55. The second kappa shape index (κ2) is 5.81. The van der Waals surface area contributed by atoms with E-state index >= 15 is 0 Å². The fourth-order valence-electron chi connectivity index (χ4n) is 2.01. The van der Waals surface area contributed by atoms with Gasteiger partial charge < -0.3 is 14.4 Å². The molecule has 0 aliphatic rings. The molecule has 1 aromatic carbocycles. The Balaban J connectivity index is 2.36. The molecule has 0 fully saturated rings. The minimum absolute atomic E-state index is 0.0662. The Morgan fingerprint density at radius 2 is 2.10 bits per heavy atom. The molecule has 2 aromatic rings. The highest BCUT2D eigenvalue weighted by Gasteiger charge is 2.31. The lowest BCUT2D eigenvalue weighted by molar-refractivity contribution is -0.0203. The van der Waals surface area contributed by atoms with Gasteiger partial charge in [0.1, 0.15) is 17.7 Å². The van der Waals surface area contributed by atoms with E-state index in [1.807, 2.05) is 27.7 Å². The van der Waals surface area contributed by atoms with Crippen molar-refractivity contribution in [3.05, 3.63) is 29.8 Å². The van der Waals surface area contributed by atoms with Gasteiger partial charge >= 0.3 is 0 Å². The van der Waals surface area contributed by atoms with Crippen LogP contribution in [0.3, 0.4) is 0 Å². The number of aromatic nitrogens is 2. The molecule has 0 saturated heterocycles. The van der Waals surface area contributed by atoms with E-state index in [1.165, 1.54) is 12.1 Å². The summed E-state index contributed by atoms with van der Waals surface area (Å²) in [6.07, 6.45) is -0.347. The van der Waals surface area contributed by atoms with Crippen molar-refractivity contribution in [1.82, 2.24) is 10.1 Å². The molecule has 6 heteroatoms. The van der Waals surface area contributed by atoms with Crippen LogP contribution in [0.5, 0.6) is 5.75 Å². The number of halogens is 1. The van der Waals surface area contributed by atoms with E-state index in [1.54, 1.807) is 0 Å². The average molecular weight is 294 g/mol. The van der Waals surface area contributed by atoms with Crippen LogP contribution in [-0.2, 0) is 4.74 Å². The van der Waals surface area contributed by atoms with Crippen LogP contribution < -0.4 is 0 Å². The maximum absolute atomic E-state index is 13.8. The molecule has 1 N–H and O–H groups in total. The van der Waals surface area contributed by atoms with Gasteiger partial charge in [-0.3, -0.25) is 0 Å². The Morgan fingerprint density at radius 1 is 1.38 bits per heavy atom. The molecule has 0 amide bonds. The molecule has 0 saturated carbocycles. The molecule has 0 radical (unpaired) electrons. The molecule has 0 spiro atoms. The van der Waals surface area contributed by atoms with Gasteiger partial charge in [0.05, 0.1) is 5.56 Å². The quantitative estimate of drug-likeness (QED) is 0.931.